The molecule has 1 aliphatic heterocycles. The van der Waals surface area contributed by atoms with Crippen molar-refractivity contribution < 1.29 is 14.3 Å². The molecule has 0 saturated heterocycles. The van der Waals surface area contributed by atoms with E-state index in [0.29, 0.717) is 12.2 Å². The second kappa shape index (κ2) is 6.15. The Morgan fingerprint density at radius 2 is 2.04 bits per heavy atom. The van der Waals surface area contributed by atoms with Gasteiger partial charge in [0.15, 0.2) is 0 Å². The molecule has 1 aromatic carbocycles. The number of benzene rings is 1. The first-order chi connectivity index (χ1) is 11.5. The number of nitrogens with two attached hydrogens (primary N) is 2. The molecule has 24 heavy (non-hydrogen) atoms. The second-order valence-electron chi connectivity index (χ2n) is 5.59. The molecule has 124 valence electrons. The van der Waals surface area contributed by atoms with E-state index in [-0.39, 0.29) is 35.7 Å². The molecule has 2 heterocycles. The molecule has 3 rings (SSSR count). The molecule has 0 saturated carbocycles. The molecular weight excluding hydrogens is 310 g/mol. The van der Waals surface area contributed by atoms with Crippen LogP contribution in [-0.4, -0.2) is 34.4 Å². The molecule has 0 aliphatic carbocycles. The quantitative estimate of drug-likeness (QED) is 0.846. The number of primary amides is 1. The third-order valence-electron chi connectivity index (χ3n) is 3.68. The summed E-state index contributed by atoms with van der Waals surface area (Å²) in [5, 5.41) is 0. The highest BCUT2D eigenvalue weighted by molar-refractivity contribution is 6.10. The molecule has 8 nitrogen and oxygen atoms in total. The van der Waals surface area contributed by atoms with Crippen molar-refractivity contribution in [3.63, 3.8) is 0 Å². The van der Waals surface area contributed by atoms with Crippen LogP contribution in [0.4, 0.5) is 11.5 Å². The maximum atomic E-state index is 12.9. The second-order valence-corrected chi connectivity index (χ2v) is 5.59. The van der Waals surface area contributed by atoms with Gasteiger partial charge < -0.3 is 21.1 Å². The Bertz CT molecular complexity index is 791. The highest BCUT2D eigenvalue weighted by Gasteiger charge is 2.31. The topological polar surface area (TPSA) is 124 Å². The smallest absolute Gasteiger partial charge is 0.267 e. The van der Waals surface area contributed by atoms with Gasteiger partial charge in [-0.05, 0) is 24.6 Å². The molecule has 4 N–H and O–H groups in total. The summed E-state index contributed by atoms with van der Waals surface area (Å²) in [6, 6.07) is 7.03. The normalized spacial score (nSPS) is 17.0. The predicted molar refractivity (Wildman–Crippen MR) is 87.6 cm³/mol. The Morgan fingerprint density at radius 1 is 1.33 bits per heavy atom. The molecular formula is C16H17N5O3. The van der Waals surface area contributed by atoms with Crippen LogP contribution in [0.1, 0.15) is 22.8 Å². The monoisotopic (exact) mass is 327 g/mol. The minimum absolute atomic E-state index is 0.0782. The Hall–Kier alpha value is -3.16. The molecule has 0 fully saturated rings. The van der Waals surface area contributed by atoms with E-state index in [1.807, 2.05) is 6.92 Å². The van der Waals surface area contributed by atoms with E-state index in [0.717, 1.165) is 5.56 Å². The molecule has 8 heteroatoms. The average Bonchev–Trinajstić information content (AvgIpc) is 2.65. The number of hydrogen-bond acceptors (Lipinski definition) is 6. The first-order valence-corrected chi connectivity index (χ1v) is 7.42. The fraction of sp³-hybridized carbons (Fsp3) is 0.250. The van der Waals surface area contributed by atoms with Gasteiger partial charge in [-0.1, -0.05) is 12.1 Å². The van der Waals surface area contributed by atoms with Gasteiger partial charge in [0.05, 0.1) is 13.0 Å². The lowest BCUT2D eigenvalue weighted by molar-refractivity contribution is -0.117. The van der Waals surface area contributed by atoms with E-state index in [2.05, 4.69) is 9.97 Å². The zero-order valence-corrected chi connectivity index (χ0v) is 13.1. The van der Waals surface area contributed by atoms with Gasteiger partial charge in [0, 0.05) is 5.69 Å². The summed E-state index contributed by atoms with van der Waals surface area (Å²) in [4.78, 5) is 33.3. The predicted octanol–water partition coefficient (Wildman–Crippen LogP) is 0.514. The highest BCUT2D eigenvalue weighted by atomic mass is 16.5. The number of hydrogen-bond donors (Lipinski definition) is 2. The number of nitrogens with zero attached hydrogens (tertiary/aromatic N) is 3. The Morgan fingerprint density at radius 3 is 2.71 bits per heavy atom. The Kier molecular flexibility index (Phi) is 4.03. The van der Waals surface area contributed by atoms with Gasteiger partial charge >= 0.3 is 0 Å². The number of anilines is 2. The van der Waals surface area contributed by atoms with Gasteiger partial charge in [-0.25, -0.2) is 9.97 Å². The van der Waals surface area contributed by atoms with Crippen LogP contribution in [0.15, 0.2) is 30.6 Å². The van der Waals surface area contributed by atoms with Crippen LogP contribution in [0, 0.1) is 0 Å². The van der Waals surface area contributed by atoms with Crippen LogP contribution in [0.25, 0.3) is 0 Å². The Labute approximate surface area is 138 Å². The lowest BCUT2D eigenvalue weighted by atomic mass is 10.1. The lowest BCUT2D eigenvalue weighted by Crippen LogP contribution is -2.36. The van der Waals surface area contributed by atoms with E-state index in [1.54, 1.807) is 29.2 Å². The number of amides is 2. The molecule has 2 amide bonds. The fourth-order valence-corrected chi connectivity index (χ4v) is 2.59. The van der Waals surface area contributed by atoms with Crippen LogP contribution in [0.3, 0.4) is 0 Å². The van der Waals surface area contributed by atoms with E-state index >= 15 is 0 Å². The molecule has 1 atom stereocenters. The molecule has 0 bridgehead atoms. The average molecular weight is 327 g/mol. The summed E-state index contributed by atoms with van der Waals surface area (Å²) in [6.07, 6.45) is 1.15. The van der Waals surface area contributed by atoms with Crippen molar-refractivity contribution in [3.8, 4) is 5.88 Å². The summed E-state index contributed by atoms with van der Waals surface area (Å²) >= 11 is 0. The van der Waals surface area contributed by atoms with E-state index in [9.17, 15) is 9.59 Å². The van der Waals surface area contributed by atoms with Gasteiger partial charge in [-0.15, -0.1) is 0 Å². The zero-order chi connectivity index (χ0) is 17.3. The van der Waals surface area contributed by atoms with E-state index in [1.165, 1.54) is 6.33 Å². The van der Waals surface area contributed by atoms with Crippen molar-refractivity contribution in [2.75, 3.05) is 17.2 Å². The first-order valence-electron chi connectivity index (χ1n) is 7.42. The lowest BCUT2D eigenvalue weighted by Gasteiger charge is -2.22. The third-order valence-corrected chi connectivity index (χ3v) is 3.68. The largest absolute Gasteiger partial charge is 0.472 e. The third kappa shape index (κ3) is 2.98. The molecule has 0 spiro atoms. The van der Waals surface area contributed by atoms with Gasteiger partial charge in [-0.3, -0.25) is 9.59 Å². The number of carbonyl (C=O) groups is 2. The minimum atomic E-state index is -0.408. The number of fused-ring (bicyclic) bond motifs is 1. The fourth-order valence-electron chi connectivity index (χ4n) is 2.59. The van der Waals surface area contributed by atoms with Crippen molar-refractivity contribution in [2.45, 2.75) is 19.4 Å². The number of ether oxygens (including phenoxy) is 1. The number of aromatic nitrogens is 2. The van der Waals surface area contributed by atoms with Crippen LogP contribution in [0.2, 0.25) is 0 Å². The first kappa shape index (κ1) is 15.7. The number of rotatable bonds is 3. The van der Waals surface area contributed by atoms with Crippen molar-refractivity contribution >= 4 is 23.3 Å². The van der Waals surface area contributed by atoms with Crippen molar-refractivity contribution in [1.82, 2.24) is 9.97 Å². The molecule has 0 radical (unpaired) electrons. The van der Waals surface area contributed by atoms with Crippen LogP contribution in [0.5, 0.6) is 5.88 Å². The van der Waals surface area contributed by atoms with Crippen LogP contribution < -0.4 is 21.1 Å². The van der Waals surface area contributed by atoms with Crippen LogP contribution >= 0.6 is 0 Å². The standard InChI is InChI=1S/C16H17N5O3/c1-9-7-21(11-4-2-10(3-5-11)6-12(17)22)16(23)13-14(18)19-8-20-15(13)24-9/h2-5,8-9H,6-7H2,1H3,(H2,17,22)(H2,18,19,20). The molecule has 1 aliphatic rings. The molecule has 2 aromatic rings. The van der Waals surface area contributed by atoms with Gasteiger partial charge in [-0.2, -0.15) is 0 Å². The summed E-state index contributed by atoms with van der Waals surface area (Å²) in [6.45, 7) is 2.18. The highest BCUT2D eigenvalue weighted by Crippen LogP contribution is 2.29. The zero-order valence-electron chi connectivity index (χ0n) is 13.1. The Balaban J connectivity index is 1.97. The summed E-state index contributed by atoms with van der Waals surface area (Å²) in [5.74, 6) is -0.466. The summed E-state index contributed by atoms with van der Waals surface area (Å²) < 4.78 is 5.68. The van der Waals surface area contributed by atoms with Gasteiger partial charge in [0.1, 0.15) is 23.8 Å². The number of nitrogen functional groups attached to an aromatic ring is 1. The van der Waals surface area contributed by atoms with Crippen LogP contribution in [-0.2, 0) is 11.2 Å². The van der Waals surface area contributed by atoms with Gasteiger partial charge in [0.25, 0.3) is 5.91 Å². The van der Waals surface area contributed by atoms with Gasteiger partial charge in [0.2, 0.25) is 11.8 Å². The maximum Gasteiger partial charge on any atom is 0.267 e. The SMILES string of the molecule is CC1CN(c2ccc(CC(N)=O)cc2)C(=O)c2c(N)ncnc2O1. The summed E-state index contributed by atoms with van der Waals surface area (Å²) in [5.41, 5.74) is 12.6. The number of carbonyl (C=O) groups excluding carboxylic acids is 2. The van der Waals surface area contributed by atoms with Crippen molar-refractivity contribution in [3.05, 3.63) is 41.7 Å². The maximum absolute atomic E-state index is 12.9. The summed E-state index contributed by atoms with van der Waals surface area (Å²) in [7, 11) is 0. The van der Waals surface area contributed by atoms with E-state index < -0.39 is 5.91 Å². The van der Waals surface area contributed by atoms with Crippen molar-refractivity contribution in [2.24, 2.45) is 5.73 Å². The molecule has 1 aromatic heterocycles. The molecule has 1 unspecified atom stereocenters. The van der Waals surface area contributed by atoms with E-state index in [4.69, 9.17) is 16.2 Å². The minimum Gasteiger partial charge on any atom is -0.472 e. The van der Waals surface area contributed by atoms with Crippen molar-refractivity contribution in [1.29, 1.82) is 0 Å².